The summed E-state index contributed by atoms with van der Waals surface area (Å²) < 4.78 is 24.7. The van der Waals surface area contributed by atoms with E-state index < -0.39 is 10.0 Å². The van der Waals surface area contributed by atoms with Gasteiger partial charge in [-0.05, 0) is 38.7 Å². The standard InChI is InChI=1S/C14H23N3O3S/c1-10(2)17-9-12(21(15,19)20)8-13(17)14(18)16-6-4-11(3)5-7-16/h8-11H,4-7H2,1-3H3,(H2,15,19,20). The molecule has 1 saturated heterocycles. The summed E-state index contributed by atoms with van der Waals surface area (Å²) in [5.74, 6) is 0.511. The van der Waals surface area contributed by atoms with E-state index in [9.17, 15) is 13.2 Å². The van der Waals surface area contributed by atoms with E-state index in [2.05, 4.69) is 6.92 Å². The molecule has 0 spiro atoms. The number of carbonyl (C=O) groups excluding carboxylic acids is 1. The fourth-order valence-electron chi connectivity index (χ4n) is 2.58. The number of hydrogen-bond acceptors (Lipinski definition) is 3. The van der Waals surface area contributed by atoms with Crippen LogP contribution in [0.4, 0.5) is 0 Å². The van der Waals surface area contributed by atoms with E-state index >= 15 is 0 Å². The summed E-state index contributed by atoms with van der Waals surface area (Å²) in [7, 11) is -3.80. The fourth-order valence-corrected chi connectivity index (χ4v) is 3.12. The highest BCUT2D eigenvalue weighted by molar-refractivity contribution is 7.89. The van der Waals surface area contributed by atoms with Crippen LogP contribution in [0.2, 0.25) is 0 Å². The largest absolute Gasteiger partial charge is 0.340 e. The summed E-state index contributed by atoms with van der Waals surface area (Å²) in [6.45, 7) is 7.42. The molecule has 0 saturated carbocycles. The third-order valence-corrected chi connectivity index (χ3v) is 4.88. The first-order chi connectivity index (χ1) is 9.70. The lowest BCUT2D eigenvalue weighted by molar-refractivity contribution is 0.0684. The van der Waals surface area contributed by atoms with Crippen molar-refractivity contribution in [3.63, 3.8) is 0 Å². The van der Waals surface area contributed by atoms with Gasteiger partial charge < -0.3 is 9.47 Å². The van der Waals surface area contributed by atoms with Gasteiger partial charge in [0.25, 0.3) is 5.91 Å². The van der Waals surface area contributed by atoms with Crippen molar-refractivity contribution >= 4 is 15.9 Å². The van der Waals surface area contributed by atoms with Crippen LogP contribution in [0.1, 0.15) is 50.1 Å². The van der Waals surface area contributed by atoms with E-state index in [1.54, 1.807) is 9.47 Å². The number of likely N-dealkylation sites (tertiary alicyclic amines) is 1. The number of carbonyl (C=O) groups is 1. The number of piperidine rings is 1. The van der Waals surface area contributed by atoms with Crippen molar-refractivity contribution < 1.29 is 13.2 Å². The Balaban J connectivity index is 2.33. The van der Waals surface area contributed by atoms with Crippen LogP contribution in [0, 0.1) is 5.92 Å². The number of nitrogens with two attached hydrogens (primary N) is 1. The van der Waals surface area contributed by atoms with Gasteiger partial charge >= 0.3 is 0 Å². The molecule has 0 bridgehead atoms. The molecular weight excluding hydrogens is 290 g/mol. The summed E-state index contributed by atoms with van der Waals surface area (Å²) in [4.78, 5) is 14.4. The lowest BCUT2D eigenvalue weighted by atomic mass is 9.99. The van der Waals surface area contributed by atoms with Crippen LogP contribution >= 0.6 is 0 Å². The molecule has 7 heteroatoms. The predicted molar refractivity (Wildman–Crippen MR) is 80.5 cm³/mol. The number of aromatic nitrogens is 1. The van der Waals surface area contributed by atoms with Gasteiger partial charge in [-0.3, -0.25) is 4.79 Å². The molecule has 1 aromatic heterocycles. The summed E-state index contributed by atoms with van der Waals surface area (Å²) >= 11 is 0. The molecule has 1 fully saturated rings. The maximum atomic E-state index is 12.6. The van der Waals surface area contributed by atoms with Crippen molar-refractivity contribution in [1.29, 1.82) is 0 Å². The zero-order valence-electron chi connectivity index (χ0n) is 12.7. The van der Waals surface area contributed by atoms with Gasteiger partial charge in [0.05, 0.1) is 0 Å². The number of rotatable bonds is 3. The van der Waals surface area contributed by atoms with Crippen molar-refractivity contribution in [3.8, 4) is 0 Å². The van der Waals surface area contributed by atoms with Crippen molar-refractivity contribution in [2.75, 3.05) is 13.1 Å². The molecule has 21 heavy (non-hydrogen) atoms. The maximum absolute atomic E-state index is 12.6. The molecule has 2 heterocycles. The van der Waals surface area contributed by atoms with E-state index in [1.165, 1.54) is 12.3 Å². The van der Waals surface area contributed by atoms with Crippen LogP contribution in [0.3, 0.4) is 0 Å². The van der Waals surface area contributed by atoms with Crippen molar-refractivity contribution in [2.24, 2.45) is 11.1 Å². The highest BCUT2D eigenvalue weighted by atomic mass is 32.2. The molecule has 6 nitrogen and oxygen atoms in total. The van der Waals surface area contributed by atoms with Crippen LogP contribution in [-0.4, -0.2) is 36.9 Å². The van der Waals surface area contributed by atoms with E-state index in [1.807, 2.05) is 13.8 Å². The average molecular weight is 313 g/mol. The number of nitrogens with zero attached hydrogens (tertiary/aromatic N) is 2. The first-order valence-electron chi connectivity index (χ1n) is 7.24. The first-order valence-corrected chi connectivity index (χ1v) is 8.78. The van der Waals surface area contributed by atoms with Crippen LogP contribution < -0.4 is 5.14 Å². The molecule has 1 aromatic rings. The third kappa shape index (κ3) is 3.47. The van der Waals surface area contributed by atoms with Gasteiger partial charge in [0.1, 0.15) is 10.6 Å². The van der Waals surface area contributed by atoms with Gasteiger partial charge in [0, 0.05) is 25.3 Å². The Morgan fingerprint density at radius 2 is 1.90 bits per heavy atom. The smallest absolute Gasteiger partial charge is 0.270 e. The van der Waals surface area contributed by atoms with E-state index in [0.717, 1.165) is 12.8 Å². The second-order valence-corrected chi connectivity index (χ2v) is 7.64. The number of primary sulfonamides is 1. The van der Waals surface area contributed by atoms with Gasteiger partial charge in [-0.2, -0.15) is 0 Å². The fraction of sp³-hybridized carbons (Fsp3) is 0.643. The van der Waals surface area contributed by atoms with Crippen LogP contribution in [-0.2, 0) is 10.0 Å². The molecule has 0 radical (unpaired) electrons. The normalized spacial score (nSPS) is 17.5. The van der Waals surface area contributed by atoms with Gasteiger partial charge in [-0.1, -0.05) is 6.92 Å². The Hall–Kier alpha value is -1.34. The number of hydrogen-bond donors (Lipinski definition) is 1. The average Bonchev–Trinajstić information content (AvgIpc) is 2.83. The minimum Gasteiger partial charge on any atom is -0.340 e. The van der Waals surface area contributed by atoms with Crippen LogP contribution in [0.15, 0.2) is 17.2 Å². The second kappa shape index (κ2) is 5.81. The molecule has 118 valence electrons. The Kier molecular flexibility index (Phi) is 4.43. The lowest BCUT2D eigenvalue weighted by Gasteiger charge is -2.30. The van der Waals surface area contributed by atoms with Gasteiger partial charge in [-0.15, -0.1) is 0 Å². The summed E-state index contributed by atoms with van der Waals surface area (Å²) in [6.07, 6.45) is 3.41. The first kappa shape index (κ1) is 16.0. The highest BCUT2D eigenvalue weighted by Crippen LogP contribution is 2.22. The summed E-state index contributed by atoms with van der Waals surface area (Å²) in [5.41, 5.74) is 0.392. The van der Waals surface area contributed by atoms with E-state index in [4.69, 9.17) is 5.14 Å². The zero-order chi connectivity index (χ0) is 15.8. The molecular formula is C14H23N3O3S. The molecule has 1 aliphatic rings. The zero-order valence-corrected chi connectivity index (χ0v) is 13.6. The monoisotopic (exact) mass is 313 g/mol. The van der Waals surface area contributed by atoms with E-state index in [0.29, 0.717) is 24.7 Å². The quantitative estimate of drug-likeness (QED) is 0.919. The summed E-state index contributed by atoms with van der Waals surface area (Å²) in [5, 5.41) is 5.17. The van der Waals surface area contributed by atoms with Crippen molar-refractivity contribution in [3.05, 3.63) is 18.0 Å². The third-order valence-electron chi connectivity index (χ3n) is 4.00. The summed E-state index contributed by atoms with van der Waals surface area (Å²) in [6, 6.07) is 1.37. The molecule has 2 N–H and O–H groups in total. The Morgan fingerprint density at radius 1 is 1.33 bits per heavy atom. The minimum atomic E-state index is -3.80. The van der Waals surface area contributed by atoms with Gasteiger partial charge in [-0.25, -0.2) is 13.6 Å². The topological polar surface area (TPSA) is 85.4 Å². The highest BCUT2D eigenvalue weighted by Gasteiger charge is 2.26. The number of sulfonamides is 1. The minimum absolute atomic E-state index is 0.00933. The Bertz CT molecular complexity index is 626. The van der Waals surface area contributed by atoms with Gasteiger partial charge in [0.15, 0.2) is 0 Å². The predicted octanol–water partition coefficient (Wildman–Crippen LogP) is 1.59. The molecule has 1 aliphatic heterocycles. The van der Waals surface area contributed by atoms with Gasteiger partial charge in [0.2, 0.25) is 10.0 Å². The molecule has 0 aromatic carbocycles. The maximum Gasteiger partial charge on any atom is 0.270 e. The molecule has 2 rings (SSSR count). The van der Waals surface area contributed by atoms with Crippen molar-refractivity contribution in [2.45, 2.75) is 44.6 Å². The molecule has 0 aliphatic carbocycles. The lowest BCUT2D eigenvalue weighted by Crippen LogP contribution is -2.38. The SMILES string of the molecule is CC1CCN(C(=O)c2cc(S(N)(=O)=O)cn2C(C)C)CC1. The van der Waals surface area contributed by atoms with Crippen molar-refractivity contribution in [1.82, 2.24) is 9.47 Å². The second-order valence-electron chi connectivity index (χ2n) is 6.08. The Labute approximate surface area is 126 Å². The molecule has 0 atom stereocenters. The number of amides is 1. The van der Waals surface area contributed by atoms with Crippen LogP contribution in [0.25, 0.3) is 0 Å². The molecule has 1 amide bonds. The Morgan fingerprint density at radius 3 is 2.38 bits per heavy atom. The molecule has 0 unspecified atom stereocenters. The van der Waals surface area contributed by atoms with E-state index in [-0.39, 0.29) is 16.8 Å². The van der Waals surface area contributed by atoms with Crippen LogP contribution in [0.5, 0.6) is 0 Å².